The third kappa shape index (κ3) is 2.69. The van der Waals surface area contributed by atoms with Gasteiger partial charge in [-0.1, -0.05) is 23.2 Å². The lowest BCUT2D eigenvalue weighted by molar-refractivity contribution is 0.0985. The zero-order valence-corrected chi connectivity index (χ0v) is 8.40. The summed E-state index contributed by atoms with van der Waals surface area (Å²) in [6.07, 6.45) is 0.292. The van der Waals surface area contributed by atoms with Gasteiger partial charge in [-0.25, -0.2) is 0 Å². The minimum atomic E-state index is -0.0741. The molecule has 0 saturated carbocycles. The molecule has 0 heterocycles. The Kier molecular flexibility index (Phi) is 3.72. The molecule has 0 fully saturated rings. The van der Waals surface area contributed by atoms with E-state index in [2.05, 4.69) is 0 Å². The van der Waals surface area contributed by atoms with Crippen LogP contribution in [-0.4, -0.2) is 12.3 Å². The van der Waals surface area contributed by atoms with Crippen LogP contribution in [0.2, 0.25) is 10.0 Å². The van der Waals surface area contributed by atoms with Crippen LogP contribution in [0.15, 0.2) is 18.2 Å². The van der Waals surface area contributed by atoms with E-state index in [0.717, 1.165) is 0 Å². The third-order valence-electron chi connectivity index (χ3n) is 1.60. The molecule has 0 unspecified atom stereocenters. The number of ketones is 1. The molecule has 0 aromatic heterocycles. The maximum absolute atomic E-state index is 11.4. The number of halogens is 2. The van der Waals surface area contributed by atoms with Crippen LogP contribution in [0.3, 0.4) is 0 Å². The maximum Gasteiger partial charge on any atom is 0.165 e. The van der Waals surface area contributed by atoms with E-state index in [4.69, 9.17) is 28.9 Å². The first-order valence-corrected chi connectivity index (χ1v) is 4.59. The van der Waals surface area contributed by atoms with Gasteiger partial charge in [0.15, 0.2) is 5.78 Å². The van der Waals surface area contributed by atoms with E-state index in [9.17, 15) is 4.79 Å². The number of rotatable bonds is 3. The van der Waals surface area contributed by atoms with Crippen LogP contribution in [0.25, 0.3) is 0 Å². The lowest BCUT2D eigenvalue weighted by Crippen LogP contribution is -2.08. The first kappa shape index (κ1) is 10.5. The molecule has 2 N–H and O–H groups in total. The second-order valence-electron chi connectivity index (χ2n) is 2.59. The summed E-state index contributed by atoms with van der Waals surface area (Å²) >= 11 is 11.5. The zero-order chi connectivity index (χ0) is 9.84. The van der Waals surface area contributed by atoms with Gasteiger partial charge in [0.1, 0.15) is 0 Å². The van der Waals surface area contributed by atoms with Crippen LogP contribution in [0.4, 0.5) is 0 Å². The molecular weight excluding hydrogens is 209 g/mol. The number of hydrogen-bond acceptors (Lipinski definition) is 2. The van der Waals surface area contributed by atoms with E-state index in [0.29, 0.717) is 28.6 Å². The van der Waals surface area contributed by atoms with Crippen LogP contribution in [0.5, 0.6) is 0 Å². The highest BCUT2D eigenvalue weighted by atomic mass is 35.5. The number of carbonyl (C=O) groups excluding carboxylic acids is 1. The lowest BCUT2D eigenvalue weighted by Gasteiger charge is -2.02. The summed E-state index contributed by atoms with van der Waals surface area (Å²) in [5, 5.41) is 0.924. The van der Waals surface area contributed by atoms with E-state index < -0.39 is 0 Å². The monoisotopic (exact) mass is 217 g/mol. The lowest BCUT2D eigenvalue weighted by atomic mass is 10.1. The van der Waals surface area contributed by atoms with Crippen molar-refractivity contribution in [3.8, 4) is 0 Å². The van der Waals surface area contributed by atoms with Crippen molar-refractivity contribution in [2.75, 3.05) is 6.54 Å². The first-order valence-electron chi connectivity index (χ1n) is 3.83. The van der Waals surface area contributed by atoms with Crippen molar-refractivity contribution in [2.24, 2.45) is 5.73 Å². The van der Waals surface area contributed by atoms with Gasteiger partial charge in [0.2, 0.25) is 0 Å². The molecule has 0 radical (unpaired) electrons. The molecule has 0 saturated heterocycles. The Balaban J connectivity index is 2.99. The van der Waals surface area contributed by atoms with Gasteiger partial charge < -0.3 is 5.73 Å². The van der Waals surface area contributed by atoms with Crippen LogP contribution in [0, 0.1) is 0 Å². The van der Waals surface area contributed by atoms with Crippen LogP contribution < -0.4 is 5.73 Å². The van der Waals surface area contributed by atoms with Gasteiger partial charge in [-0.3, -0.25) is 4.79 Å². The average molecular weight is 218 g/mol. The smallest absolute Gasteiger partial charge is 0.165 e. The Labute approximate surface area is 86.6 Å². The van der Waals surface area contributed by atoms with Gasteiger partial charge >= 0.3 is 0 Å². The van der Waals surface area contributed by atoms with E-state index in [1.54, 1.807) is 18.2 Å². The summed E-state index contributed by atoms with van der Waals surface area (Å²) in [5.41, 5.74) is 5.70. The number of nitrogens with two attached hydrogens (primary N) is 1. The largest absolute Gasteiger partial charge is 0.330 e. The molecule has 1 rings (SSSR count). The number of benzene rings is 1. The van der Waals surface area contributed by atoms with Crippen molar-refractivity contribution in [3.05, 3.63) is 33.8 Å². The molecule has 1 aromatic rings. The Morgan fingerprint density at radius 3 is 2.69 bits per heavy atom. The quantitative estimate of drug-likeness (QED) is 0.792. The Hall–Kier alpha value is -0.570. The molecule has 0 amide bonds. The van der Waals surface area contributed by atoms with Gasteiger partial charge in [0.05, 0.1) is 5.02 Å². The number of hydrogen-bond donors (Lipinski definition) is 1. The molecule has 0 bridgehead atoms. The molecule has 2 nitrogen and oxygen atoms in total. The Morgan fingerprint density at radius 1 is 1.38 bits per heavy atom. The van der Waals surface area contributed by atoms with Crippen molar-refractivity contribution in [2.45, 2.75) is 6.42 Å². The highest BCUT2D eigenvalue weighted by molar-refractivity contribution is 6.35. The molecule has 0 aliphatic carbocycles. The predicted octanol–water partition coefficient (Wildman–Crippen LogP) is 2.52. The predicted molar refractivity (Wildman–Crippen MR) is 54.5 cm³/mol. The van der Waals surface area contributed by atoms with Gasteiger partial charge in [-0.05, 0) is 24.7 Å². The van der Waals surface area contributed by atoms with Crippen LogP contribution in [-0.2, 0) is 0 Å². The standard InChI is InChI=1S/C9H9Cl2NO/c10-6-1-2-8(11)7(5-6)9(13)3-4-12/h1-2,5H,3-4,12H2. The Morgan fingerprint density at radius 2 is 2.08 bits per heavy atom. The topological polar surface area (TPSA) is 43.1 Å². The second kappa shape index (κ2) is 4.61. The molecule has 0 atom stereocenters. The normalized spacial score (nSPS) is 10.1. The van der Waals surface area contributed by atoms with Crippen molar-refractivity contribution >= 4 is 29.0 Å². The van der Waals surface area contributed by atoms with Gasteiger partial charge in [0.25, 0.3) is 0 Å². The molecule has 4 heteroatoms. The molecule has 0 spiro atoms. The number of Topliss-reactive ketones (excluding diaryl/α,β-unsaturated/α-hetero) is 1. The molecule has 0 aliphatic rings. The first-order chi connectivity index (χ1) is 6.15. The SMILES string of the molecule is NCCC(=O)c1cc(Cl)ccc1Cl. The summed E-state index contributed by atoms with van der Waals surface area (Å²) in [5.74, 6) is -0.0741. The number of carbonyl (C=O) groups is 1. The fourth-order valence-corrected chi connectivity index (χ4v) is 1.37. The second-order valence-corrected chi connectivity index (χ2v) is 3.43. The molecule has 0 aliphatic heterocycles. The van der Waals surface area contributed by atoms with Crippen molar-refractivity contribution in [3.63, 3.8) is 0 Å². The van der Waals surface area contributed by atoms with E-state index in [1.165, 1.54) is 0 Å². The van der Waals surface area contributed by atoms with Crippen molar-refractivity contribution in [1.82, 2.24) is 0 Å². The van der Waals surface area contributed by atoms with Crippen LogP contribution in [0.1, 0.15) is 16.8 Å². The summed E-state index contributed by atoms with van der Waals surface area (Å²) in [6, 6.07) is 4.80. The van der Waals surface area contributed by atoms with Crippen molar-refractivity contribution in [1.29, 1.82) is 0 Å². The summed E-state index contributed by atoms with van der Waals surface area (Å²) in [6.45, 7) is 0.321. The van der Waals surface area contributed by atoms with E-state index in [-0.39, 0.29) is 5.78 Å². The van der Waals surface area contributed by atoms with Gasteiger partial charge in [-0.2, -0.15) is 0 Å². The minimum absolute atomic E-state index is 0.0741. The Bertz CT molecular complexity index is 325. The summed E-state index contributed by atoms with van der Waals surface area (Å²) in [4.78, 5) is 11.4. The third-order valence-corrected chi connectivity index (χ3v) is 2.16. The van der Waals surface area contributed by atoms with Gasteiger partial charge in [-0.15, -0.1) is 0 Å². The molecular formula is C9H9Cl2NO. The summed E-state index contributed by atoms with van der Waals surface area (Å²) < 4.78 is 0. The van der Waals surface area contributed by atoms with Gasteiger partial charge in [0, 0.05) is 17.0 Å². The highest BCUT2D eigenvalue weighted by Gasteiger charge is 2.09. The molecule has 70 valence electrons. The fourth-order valence-electron chi connectivity index (χ4n) is 0.977. The highest BCUT2D eigenvalue weighted by Crippen LogP contribution is 2.21. The van der Waals surface area contributed by atoms with E-state index >= 15 is 0 Å². The fraction of sp³-hybridized carbons (Fsp3) is 0.222. The summed E-state index contributed by atoms with van der Waals surface area (Å²) in [7, 11) is 0. The maximum atomic E-state index is 11.4. The minimum Gasteiger partial charge on any atom is -0.330 e. The van der Waals surface area contributed by atoms with Crippen molar-refractivity contribution < 1.29 is 4.79 Å². The molecule has 1 aromatic carbocycles. The van der Waals surface area contributed by atoms with Crippen LogP contribution >= 0.6 is 23.2 Å². The average Bonchev–Trinajstić information content (AvgIpc) is 2.09. The zero-order valence-electron chi connectivity index (χ0n) is 6.89. The molecule has 13 heavy (non-hydrogen) atoms. The van der Waals surface area contributed by atoms with E-state index in [1.807, 2.05) is 0 Å².